The largest absolute Gasteiger partial charge is 0.340 e. The predicted molar refractivity (Wildman–Crippen MR) is 119 cm³/mol. The first-order chi connectivity index (χ1) is 15.5. The summed E-state index contributed by atoms with van der Waals surface area (Å²) >= 11 is 0. The fourth-order valence-corrected chi connectivity index (χ4v) is 6.39. The van der Waals surface area contributed by atoms with Crippen molar-refractivity contribution < 1.29 is 30.6 Å². The molecule has 3 fully saturated rings. The van der Waals surface area contributed by atoms with E-state index < -0.39 is 60.8 Å². The molecule has 1 aromatic carbocycles. The summed E-state index contributed by atoms with van der Waals surface area (Å²) in [6.07, 6.45) is 2.07. The Balaban J connectivity index is 1.37. The number of hydrogen-bond donors (Lipinski definition) is 3. The lowest BCUT2D eigenvalue weighted by Gasteiger charge is -2.21. The third kappa shape index (κ3) is 4.98. The van der Waals surface area contributed by atoms with E-state index in [2.05, 4.69) is 21.9 Å². The van der Waals surface area contributed by atoms with Crippen molar-refractivity contribution in [1.29, 1.82) is 0 Å². The average molecular weight is 498 g/mol. The third-order valence-electron chi connectivity index (χ3n) is 6.23. The van der Waals surface area contributed by atoms with Crippen LogP contribution in [0, 0.1) is 12.8 Å². The van der Waals surface area contributed by atoms with Crippen molar-refractivity contribution in [2.24, 2.45) is 5.92 Å². The highest BCUT2D eigenvalue weighted by Crippen LogP contribution is 2.45. The molecule has 3 N–H and O–H groups in total. The van der Waals surface area contributed by atoms with E-state index in [4.69, 9.17) is 4.18 Å². The van der Waals surface area contributed by atoms with Crippen molar-refractivity contribution in [2.45, 2.75) is 60.4 Å². The first-order valence-corrected chi connectivity index (χ1v) is 13.7. The van der Waals surface area contributed by atoms with Crippen LogP contribution in [0.2, 0.25) is 0 Å². The van der Waals surface area contributed by atoms with Crippen LogP contribution in [0.1, 0.15) is 31.2 Å². The molecule has 33 heavy (non-hydrogen) atoms. The summed E-state index contributed by atoms with van der Waals surface area (Å²) in [6, 6.07) is 5.45. The summed E-state index contributed by atoms with van der Waals surface area (Å²) in [5.74, 6) is -1.70. The van der Waals surface area contributed by atoms with Crippen LogP contribution in [0.4, 0.5) is 0 Å². The van der Waals surface area contributed by atoms with Crippen molar-refractivity contribution in [3.63, 3.8) is 0 Å². The summed E-state index contributed by atoms with van der Waals surface area (Å²) in [4.78, 5) is 25.6. The lowest BCUT2D eigenvalue weighted by atomic mass is 10.1. The molecule has 0 radical (unpaired) electrons. The zero-order valence-electron chi connectivity index (χ0n) is 18.1. The van der Waals surface area contributed by atoms with E-state index >= 15 is 0 Å². The number of hydrogen-bond acceptors (Lipinski definition) is 8. The van der Waals surface area contributed by atoms with Gasteiger partial charge in [-0.25, -0.2) is 8.42 Å². The first kappa shape index (κ1) is 23.9. The van der Waals surface area contributed by atoms with Crippen LogP contribution >= 0.6 is 0 Å². The number of carbonyl (C=O) groups is 2. The van der Waals surface area contributed by atoms with E-state index in [0.29, 0.717) is 12.8 Å². The molecule has 2 amide bonds. The van der Waals surface area contributed by atoms with Gasteiger partial charge < -0.3 is 10.6 Å². The van der Waals surface area contributed by atoms with E-state index in [1.54, 1.807) is 12.1 Å². The molecule has 1 aromatic rings. The van der Waals surface area contributed by atoms with Gasteiger partial charge in [0, 0.05) is 18.9 Å². The molecule has 1 saturated heterocycles. The van der Waals surface area contributed by atoms with Crippen LogP contribution in [-0.2, 0) is 33.9 Å². The monoisotopic (exact) mass is 497 g/mol. The number of aryl methyl sites for hydroxylation is 1. The van der Waals surface area contributed by atoms with Crippen molar-refractivity contribution in [3.05, 3.63) is 42.5 Å². The molecular weight excluding hydrogens is 470 g/mol. The SMILES string of the molecule is C=CC1C[C@]1(NC(=O)[C@@H]1C[C@H](OS(=O)(=O)c2ccc(C)cc2)CN1)C(=O)NS(=O)(=O)C1CC1. The molecule has 2 aliphatic carbocycles. The second-order valence-electron chi connectivity index (χ2n) is 8.86. The lowest BCUT2D eigenvalue weighted by Crippen LogP contribution is -2.55. The number of nitrogens with one attached hydrogen (secondary N) is 3. The second kappa shape index (κ2) is 8.49. The summed E-state index contributed by atoms with van der Waals surface area (Å²) in [7, 11) is -7.76. The highest BCUT2D eigenvalue weighted by atomic mass is 32.2. The van der Waals surface area contributed by atoms with Crippen LogP contribution < -0.4 is 15.4 Å². The molecule has 1 heterocycles. The molecule has 4 atom stereocenters. The molecule has 1 aliphatic heterocycles. The molecule has 4 rings (SSSR count). The van der Waals surface area contributed by atoms with E-state index in [1.165, 1.54) is 18.2 Å². The van der Waals surface area contributed by atoms with Gasteiger partial charge in [-0.15, -0.1) is 6.58 Å². The molecule has 180 valence electrons. The van der Waals surface area contributed by atoms with Crippen molar-refractivity contribution in [1.82, 2.24) is 15.4 Å². The highest BCUT2D eigenvalue weighted by Gasteiger charge is 2.61. The molecule has 0 bridgehead atoms. The third-order valence-corrected chi connectivity index (χ3v) is 9.42. The minimum atomic E-state index is -4.00. The van der Waals surface area contributed by atoms with E-state index in [-0.39, 0.29) is 24.3 Å². The quantitative estimate of drug-likeness (QED) is 0.321. The molecule has 12 heteroatoms. The molecule has 0 spiro atoms. The Morgan fingerprint density at radius 3 is 2.42 bits per heavy atom. The van der Waals surface area contributed by atoms with Gasteiger partial charge in [-0.3, -0.25) is 18.5 Å². The number of amides is 2. The highest BCUT2D eigenvalue weighted by molar-refractivity contribution is 7.91. The summed E-state index contributed by atoms with van der Waals surface area (Å²) in [5.41, 5.74) is -0.468. The van der Waals surface area contributed by atoms with Crippen LogP contribution in [0.3, 0.4) is 0 Å². The van der Waals surface area contributed by atoms with E-state index in [1.807, 2.05) is 6.92 Å². The van der Waals surface area contributed by atoms with Crippen molar-refractivity contribution in [3.8, 4) is 0 Å². The number of benzene rings is 1. The smallest absolute Gasteiger partial charge is 0.297 e. The molecule has 0 aromatic heterocycles. The average Bonchev–Trinajstić information content (AvgIpc) is 3.66. The molecule has 2 saturated carbocycles. The number of sulfonamides is 1. The summed E-state index contributed by atoms with van der Waals surface area (Å²) in [6.45, 7) is 5.62. The minimum absolute atomic E-state index is 0.0281. The zero-order valence-corrected chi connectivity index (χ0v) is 19.7. The Bertz CT molecular complexity index is 1180. The van der Waals surface area contributed by atoms with E-state index in [0.717, 1.165) is 5.56 Å². The van der Waals surface area contributed by atoms with Gasteiger partial charge in [0.25, 0.3) is 16.0 Å². The number of carbonyl (C=O) groups excluding carboxylic acids is 2. The Morgan fingerprint density at radius 2 is 1.85 bits per heavy atom. The Hall–Kier alpha value is -2.28. The number of rotatable bonds is 9. The van der Waals surface area contributed by atoms with Gasteiger partial charge in [0.2, 0.25) is 15.9 Å². The molecule has 1 unspecified atom stereocenters. The van der Waals surface area contributed by atoms with Gasteiger partial charge in [-0.05, 0) is 38.3 Å². The predicted octanol–water partition coefficient (Wildman–Crippen LogP) is 0.100. The Morgan fingerprint density at radius 1 is 1.18 bits per heavy atom. The van der Waals surface area contributed by atoms with Crippen molar-refractivity contribution in [2.75, 3.05) is 6.54 Å². The standard InChI is InChI=1S/C21H27N3O7S2/c1-3-14-11-21(14,20(26)24-32(27,28)16-8-9-16)23-19(25)18-10-15(12-22-18)31-33(29,30)17-6-4-13(2)5-7-17/h3-7,14-16,18,22H,1,8-12H2,2H3,(H,23,25)(H,24,26)/t14?,15-,18-,21+/m0/s1. The summed E-state index contributed by atoms with van der Waals surface area (Å²) in [5, 5.41) is 5.00. The topological polar surface area (TPSA) is 148 Å². The lowest BCUT2D eigenvalue weighted by molar-refractivity contribution is -0.130. The van der Waals surface area contributed by atoms with Gasteiger partial charge in [0.15, 0.2) is 0 Å². The van der Waals surface area contributed by atoms with Gasteiger partial charge in [0.1, 0.15) is 5.54 Å². The van der Waals surface area contributed by atoms with Gasteiger partial charge >= 0.3 is 0 Å². The van der Waals surface area contributed by atoms with Crippen molar-refractivity contribution >= 4 is 32.0 Å². The van der Waals surface area contributed by atoms with Crippen LogP contribution in [0.15, 0.2) is 41.8 Å². The minimum Gasteiger partial charge on any atom is -0.340 e. The maximum absolute atomic E-state index is 12.9. The van der Waals surface area contributed by atoms with Crippen LogP contribution in [0.25, 0.3) is 0 Å². The maximum atomic E-state index is 12.9. The van der Waals surface area contributed by atoms with Gasteiger partial charge in [-0.1, -0.05) is 23.8 Å². The fourth-order valence-electron chi connectivity index (χ4n) is 3.94. The van der Waals surface area contributed by atoms with Crippen LogP contribution in [0.5, 0.6) is 0 Å². The van der Waals surface area contributed by atoms with Crippen LogP contribution in [-0.4, -0.2) is 58.1 Å². The second-order valence-corrected chi connectivity index (χ2v) is 12.4. The first-order valence-electron chi connectivity index (χ1n) is 10.7. The fraction of sp³-hybridized carbons (Fsp3) is 0.524. The van der Waals surface area contributed by atoms with E-state index in [9.17, 15) is 26.4 Å². The van der Waals surface area contributed by atoms with Gasteiger partial charge in [-0.2, -0.15) is 8.42 Å². The zero-order chi connectivity index (χ0) is 24.0. The molecular formula is C21H27N3O7S2. The Kier molecular flexibility index (Phi) is 6.14. The van der Waals surface area contributed by atoms with Gasteiger partial charge in [0.05, 0.1) is 22.3 Å². The Labute approximate surface area is 193 Å². The maximum Gasteiger partial charge on any atom is 0.297 e. The normalized spacial score (nSPS) is 29.3. The molecule has 10 nitrogen and oxygen atoms in total. The summed E-state index contributed by atoms with van der Waals surface area (Å²) < 4.78 is 56.7. The molecule has 3 aliphatic rings.